The summed E-state index contributed by atoms with van der Waals surface area (Å²) in [5, 5.41) is 0. The Morgan fingerprint density at radius 1 is 0.344 bits per heavy atom. The molecule has 2 rings (SSSR count). The first-order chi connectivity index (χ1) is 31.2. The summed E-state index contributed by atoms with van der Waals surface area (Å²) >= 11 is 14.2. The molecule has 0 fully saturated rings. The van der Waals surface area contributed by atoms with Crippen LogP contribution in [0.5, 0.6) is 11.5 Å². The molecule has 0 heterocycles. The Hall–Kier alpha value is 1.10. The van der Waals surface area contributed by atoms with E-state index in [1.807, 2.05) is 0 Å². The molecule has 0 spiro atoms. The fourth-order valence-corrected chi connectivity index (χ4v) is 15.4. The van der Waals surface area contributed by atoms with E-state index >= 15 is 0 Å². The van der Waals surface area contributed by atoms with Gasteiger partial charge in [-0.25, -0.2) is 0 Å². The normalized spacial score (nSPS) is 11.4. The number of hydrogen-bond acceptors (Lipinski definition) is 6. The third kappa shape index (κ3) is 34.4. The third-order valence-electron chi connectivity index (χ3n) is 11.3. The molecule has 2 aromatic carbocycles. The first-order valence-corrected chi connectivity index (χ1v) is 31.2. The zero-order valence-electron chi connectivity index (χ0n) is 38.6. The average Bonchev–Trinajstić information content (AvgIpc) is 3.25. The maximum atomic E-state index is 12.1. The summed E-state index contributed by atoms with van der Waals surface area (Å²) in [7, 11) is 0. The van der Waals surface area contributed by atoms with Crippen molar-refractivity contribution >= 4 is 147 Å². The molecule has 64 heavy (non-hydrogen) atoms. The van der Waals surface area contributed by atoms with Crippen molar-refractivity contribution in [3.63, 3.8) is 0 Å². The minimum absolute atomic E-state index is 0.142. The van der Waals surface area contributed by atoms with Crippen molar-refractivity contribution in [2.45, 2.75) is 205 Å². The summed E-state index contributed by atoms with van der Waals surface area (Å²) in [6.07, 6.45) is 42.4. The van der Waals surface area contributed by atoms with Crippen molar-refractivity contribution in [2.24, 2.45) is 0 Å². The summed E-state index contributed by atoms with van der Waals surface area (Å²) in [5.41, 5.74) is 0. The predicted octanol–water partition coefficient (Wildman–Crippen LogP) is 18.9. The van der Waals surface area contributed by atoms with Crippen LogP contribution in [0.3, 0.4) is 0 Å². The Morgan fingerprint density at radius 2 is 0.562 bits per heavy atom. The Labute approximate surface area is 471 Å². The van der Waals surface area contributed by atoms with Crippen LogP contribution in [0.1, 0.15) is 205 Å². The van der Waals surface area contributed by atoms with E-state index < -0.39 is 0 Å². The van der Waals surface area contributed by atoms with Gasteiger partial charge in [-0.15, -0.1) is 0 Å². The van der Waals surface area contributed by atoms with Crippen molar-refractivity contribution in [2.75, 3.05) is 26.4 Å². The van der Waals surface area contributed by atoms with Crippen molar-refractivity contribution in [1.29, 1.82) is 0 Å². The zero-order valence-corrected chi connectivity index (χ0v) is 51.6. The standard InChI is InChI=1S/C52H78I6O6/c53-43-39-45(55)51(46(56)40-43)63-37-29-25-21-17-13-9-5-1-3-7-11-15-19-23-27-33-49(59)61-35-31-32-36-62-50(60)34-28-24-20-16-12-8-4-2-6-10-14-18-22-26-30-38-64-52-47(57)41-44(54)42-48(52)58/h31-32,39-42H,1-30,33-38H2/b32-31-. The SMILES string of the molecule is O=C(CCCCCCCCCCCCCCCCCOc1c(I)cc(I)cc1I)OC/C=C\COC(=O)CCCCCCCCCCCCCCCCCOc1c(I)cc(I)cc1I. The highest BCUT2D eigenvalue weighted by molar-refractivity contribution is 14.1. The lowest BCUT2D eigenvalue weighted by Crippen LogP contribution is -2.05. The van der Waals surface area contributed by atoms with E-state index in [0.29, 0.717) is 12.8 Å². The molecular weight excluding hydrogens is 1480 g/mol. The highest BCUT2D eigenvalue weighted by Gasteiger charge is 2.10. The van der Waals surface area contributed by atoms with Crippen molar-refractivity contribution in [3.05, 3.63) is 57.8 Å². The van der Waals surface area contributed by atoms with Crippen molar-refractivity contribution in [1.82, 2.24) is 0 Å². The van der Waals surface area contributed by atoms with Crippen LogP contribution in [-0.4, -0.2) is 38.4 Å². The molecule has 0 unspecified atom stereocenters. The first kappa shape index (κ1) is 61.2. The Bertz CT molecular complexity index is 1380. The van der Waals surface area contributed by atoms with Crippen LogP contribution in [0.4, 0.5) is 0 Å². The van der Waals surface area contributed by atoms with Gasteiger partial charge in [0.05, 0.1) is 27.5 Å². The van der Waals surface area contributed by atoms with Gasteiger partial charge in [-0.05, 0) is 198 Å². The van der Waals surface area contributed by atoms with Gasteiger partial charge in [0, 0.05) is 20.0 Å². The zero-order chi connectivity index (χ0) is 46.3. The predicted molar refractivity (Wildman–Crippen MR) is 319 cm³/mol. The molecule has 2 aromatic rings. The van der Waals surface area contributed by atoms with Crippen LogP contribution in [0.2, 0.25) is 0 Å². The molecule has 0 saturated carbocycles. The van der Waals surface area contributed by atoms with E-state index in [-0.39, 0.29) is 25.2 Å². The summed E-state index contributed by atoms with van der Waals surface area (Å²) in [6.45, 7) is 2.11. The molecule has 0 aliphatic rings. The van der Waals surface area contributed by atoms with Gasteiger partial charge >= 0.3 is 11.9 Å². The second kappa shape index (κ2) is 42.9. The van der Waals surface area contributed by atoms with Gasteiger partial charge in [0.1, 0.15) is 24.7 Å². The minimum Gasteiger partial charge on any atom is -0.491 e. The van der Waals surface area contributed by atoms with E-state index in [4.69, 9.17) is 18.9 Å². The number of ether oxygens (including phenoxy) is 4. The molecule has 6 nitrogen and oxygen atoms in total. The summed E-state index contributed by atoms with van der Waals surface area (Å²) in [6, 6.07) is 8.70. The van der Waals surface area contributed by atoms with Crippen molar-refractivity contribution < 1.29 is 28.5 Å². The molecule has 0 N–H and O–H groups in total. The number of carbonyl (C=O) groups is 2. The van der Waals surface area contributed by atoms with Crippen LogP contribution < -0.4 is 9.47 Å². The summed E-state index contributed by atoms with van der Waals surface area (Å²) in [4.78, 5) is 24.1. The van der Waals surface area contributed by atoms with Crippen LogP contribution in [0, 0.1) is 21.4 Å². The van der Waals surface area contributed by atoms with E-state index in [0.717, 1.165) is 63.2 Å². The molecule has 0 saturated heterocycles. The molecule has 364 valence electrons. The summed E-state index contributed by atoms with van der Waals surface area (Å²) < 4.78 is 30.1. The molecule has 0 aromatic heterocycles. The number of hydrogen-bond donors (Lipinski definition) is 0. The third-order valence-corrected chi connectivity index (χ3v) is 15.8. The number of unbranched alkanes of at least 4 members (excludes halogenated alkanes) is 28. The van der Waals surface area contributed by atoms with E-state index in [2.05, 4.69) is 160 Å². The quantitative estimate of drug-likeness (QED) is 0.0285. The molecular formula is C52H78I6O6. The lowest BCUT2D eigenvalue weighted by atomic mass is 10.0. The molecule has 0 radical (unpaired) electrons. The maximum Gasteiger partial charge on any atom is 0.306 e. The topological polar surface area (TPSA) is 71.1 Å². The van der Waals surface area contributed by atoms with Crippen molar-refractivity contribution in [3.8, 4) is 11.5 Å². The number of esters is 2. The average molecular weight is 1560 g/mol. The van der Waals surface area contributed by atoms with Gasteiger partial charge in [0.25, 0.3) is 0 Å². The molecule has 0 amide bonds. The Kier molecular flexibility index (Phi) is 41.1. The van der Waals surface area contributed by atoms with Gasteiger partial charge < -0.3 is 18.9 Å². The second-order valence-electron chi connectivity index (χ2n) is 17.0. The van der Waals surface area contributed by atoms with Crippen LogP contribution in [0.15, 0.2) is 36.4 Å². The van der Waals surface area contributed by atoms with Gasteiger partial charge in [-0.3, -0.25) is 9.59 Å². The number of rotatable bonds is 42. The Morgan fingerprint density at radius 3 is 0.812 bits per heavy atom. The largest absolute Gasteiger partial charge is 0.491 e. The van der Waals surface area contributed by atoms with Gasteiger partial charge in [-0.2, -0.15) is 0 Å². The molecule has 0 aliphatic heterocycles. The van der Waals surface area contributed by atoms with Gasteiger partial charge in [0.15, 0.2) is 0 Å². The van der Waals surface area contributed by atoms with Crippen LogP contribution >= 0.6 is 136 Å². The second-order valence-corrected chi connectivity index (χ2v) is 24.2. The number of benzene rings is 2. The Balaban J connectivity index is 1.22. The minimum atomic E-state index is -0.142. The van der Waals surface area contributed by atoms with E-state index in [1.165, 1.54) is 176 Å². The first-order valence-electron chi connectivity index (χ1n) is 24.7. The lowest BCUT2D eigenvalue weighted by molar-refractivity contribution is -0.143. The fraction of sp³-hybridized carbons (Fsp3) is 0.692. The summed E-state index contributed by atoms with van der Waals surface area (Å²) in [5.74, 6) is 1.81. The van der Waals surface area contributed by atoms with Gasteiger partial charge in [-0.1, -0.05) is 167 Å². The highest BCUT2D eigenvalue weighted by Crippen LogP contribution is 2.31. The number of carbonyl (C=O) groups excluding carboxylic acids is 2. The van der Waals surface area contributed by atoms with E-state index in [1.54, 1.807) is 12.2 Å². The number of halogens is 6. The monoisotopic (exact) mass is 1560 g/mol. The van der Waals surface area contributed by atoms with E-state index in [9.17, 15) is 9.59 Å². The maximum absolute atomic E-state index is 12.1. The van der Waals surface area contributed by atoms with Gasteiger partial charge in [0.2, 0.25) is 0 Å². The van der Waals surface area contributed by atoms with Crippen LogP contribution in [-0.2, 0) is 19.1 Å². The molecule has 0 atom stereocenters. The highest BCUT2D eigenvalue weighted by atomic mass is 127. The molecule has 0 aliphatic carbocycles. The lowest BCUT2D eigenvalue weighted by Gasteiger charge is -2.11. The smallest absolute Gasteiger partial charge is 0.306 e. The molecule has 12 heteroatoms. The fourth-order valence-electron chi connectivity index (χ4n) is 7.58. The molecule has 0 bridgehead atoms. The van der Waals surface area contributed by atoms with Crippen LogP contribution in [0.25, 0.3) is 0 Å².